The number of rotatable bonds is 5. The van der Waals surface area contributed by atoms with E-state index in [9.17, 15) is 4.79 Å². The predicted octanol–water partition coefficient (Wildman–Crippen LogP) is 4.77. The maximum absolute atomic E-state index is 12.9. The molecule has 1 aliphatic rings. The summed E-state index contributed by atoms with van der Waals surface area (Å²) in [6.45, 7) is 4.31. The van der Waals surface area contributed by atoms with Gasteiger partial charge in [0.05, 0.1) is 0 Å². The maximum atomic E-state index is 12.9. The number of carbonyl (C=O) groups is 1. The zero-order valence-corrected chi connectivity index (χ0v) is 17.2. The van der Waals surface area contributed by atoms with E-state index in [0.29, 0.717) is 22.0 Å². The normalized spacial score (nSPS) is 14.7. The molecule has 1 N–H and O–H groups in total. The van der Waals surface area contributed by atoms with Gasteiger partial charge in [-0.25, -0.2) is 0 Å². The Hall–Kier alpha value is -2.93. The number of amides is 1. The summed E-state index contributed by atoms with van der Waals surface area (Å²) in [5.74, 6) is 2.89. The van der Waals surface area contributed by atoms with E-state index >= 15 is 0 Å². The van der Waals surface area contributed by atoms with Crippen molar-refractivity contribution in [2.24, 2.45) is 0 Å². The number of hydrogen-bond donors (Lipinski definition) is 1. The highest BCUT2D eigenvalue weighted by Gasteiger charge is 2.27. The number of carbonyl (C=O) groups excluding carboxylic acids is 1. The van der Waals surface area contributed by atoms with Crippen LogP contribution in [-0.4, -0.2) is 38.7 Å². The Morgan fingerprint density at radius 2 is 1.76 bits per heavy atom. The molecule has 2 heterocycles. The van der Waals surface area contributed by atoms with Crippen LogP contribution in [-0.2, 0) is 6.54 Å². The van der Waals surface area contributed by atoms with E-state index in [2.05, 4.69) is 17.1 Å². The average molecular weight is 409 g/mol. The van der Waals surface area contributed by atoms with Crippen LogP contribution in [0.15, 0.2) is 54.6 Å². The third kappa shape index (κ3) is 4.24. The fourth-order valence-corrected chi connectivity index (χ4v) is 4.03. The van der Waals surface area contributed by atoms with Crippen LogP contribution in [0.25, 0.3) is 0 Å². The number of hydrogen-bond acceptors (Lipinski definition) is 4. The number of likely N-dealkylation sites (tertiary alicyclic amines) is 1. The van der Waals surface area contributed by atoms with Gasteiger partial charge in [0, 0.05) is 31.1 Å². The molecule has 4 rings (SSSR count). The summed E-state index contributed by atoms with van der Waals surface area (Å²) < 4.78 is 8.51. The molecular weight excluding hydrogens is 384 g/mol. The highest BCUT2D eigenvalue weighted by atomic mass is 32.1. The van der Waals surface area contributed by atoms with Gasteiger partial charge in [0.25, 0.3) is 5.91 Å². The lowest BCUT2D eigenvalue weighted by atomic mass is 9.95. The van der Waals surface area contributed by atoms with Crippen molar-refractivity contribution in [3.8, 4) is 11.5 Å². The number of para-hydroxylation sites is 1. The van der Waals surface area contributed by atoms with E-state index in [1.54, 1.807) is 0 Å². The molecule has 0 unspecified atom stereocenters. The third-order valence-corrected chi connectivity index (χ3v) is 5.64. The molecule has 0 spiro atoms. The Morgan fingerprint density at radius 3 is 2.41 bits per heavy atom. The topological polar surface area (TPSA) is 63.1 Å². The molecule has 1 aliphatic heterocycles. The molecule has 0 atom stereocenters. The van der Waals surface area contributed by atoms with Crippen LogP contribution >= 0.6 is 12.2 Å². The molecule has 1 amide bonds. The molecule has 6 nitrogen and oxygen atoms in total. The molecule has 7 heteroatoms. The van der Waals surface area contributed by atoms with Gasteiger partial charge in [0.1, 0.15) is 17.3 Å². The zero-order chi connectivity index (χ0) is 20.2. The van der Waals surface area contributed by atoms with Gasteiger partial charge in [-0.2, -0.15) is 5.10 Å². The van der Waals surface area contributed by atoms with Gasteiger partial charge in [-0.05, 0) is 68.4 Å². The van der Waals surface area contributed by atoms with Gasteiger partial charge >= 0.3 is 0 Å². The first kappa shape index (κ1) is 19.4. The van der Waals surface area contributed by atoms with Crippen molar-refractivity contribution in [2.45, 2.75) is 32.2 Å². The number of aromatic amines is 1. The highest BCUT2D eigenvalue weighted by molar-refractivity contribution is 7.71. The van der Waals surface area contributed by atoms with Gasteiger partial charge in [-0.3, -0.25) is 9.89 Å². The summed E-state index contributed by atoms with van der Waals surface area (Å²) in [7, 11) is 0. The number of aromatic nitrogens is 3. The van der Waals surface area contributed by atoms with Crippen LogP contribution in [0.5, 0.6) is 11.5 Å². The highest BCUT2D eigenvalue weighted by Crippen LogP contribution is 2.28. The lowest BCUT2D eigenvalue weighted by Crippen LogP contribution is -2.38. The van der Waals surface area contributed by atoms with Crippen molar-refractivity contribution >= 4 is 18.1 Å². The zero-order valence-electron chi connectivity index (χ0n) is 16.4. The molecule has 29 heavy (non-hydrogen) atoms. The van der Waals surface area contributed by atoms with Gasteiger partial charge in [-0.1, -0.05) is 18.2 Å². The Kier molecular flexibility index (Phi) is 5.76. The Balaban J connectivity index is 1.37. The molecule has 0 radical (unpaired) electrons. The van der Waals surface area contributed by atoms with Gasteiger partial charge in [0.2, 0.25) is 0 Å². The van der Waals surface area contributed by atoms with E-state index in [1.165, 1.54) is 0 Å². The summed E-state index contributed by atoms with van der Waals surface area (Å²) in [6.07, 6.45) is 1.78. The third-order valence-electron chi connectivity index (χ3n) is 5.33. The van der Waals surface area contributed by atoms with E-state index in [4.69, 9.17) is 17.0 Å². The minimum atomic E-state index is 0.0593. The first-order valence-electron chi connectivity index (χ1n) is 9.93. The van der Waals surface area contributed by atoms with E-state index < -0.39 is 0 Å². The first-order chi connectivity index (χ1) is 14.2. The number of H-pyrrole nitrogens is 1. The summed E-state index contributed by atoms with van der Waals surface area (Å²) in [5, 5.41) is 7.30. The summed E-state index contributed by atoms with van der Waals surface area (Å²) >= 11 is 5.29. The minimum Gasteiger partial charge on any atom is -0.457 e. The molecule has 1 aromatic heterocycles. The molecule has 1 saturated heterocycles. The molecule has 150 valence electrons. The number of benzene rings is 2. The largest absolute Gasteiger partial charge is 0.457 e. The average Bonchev–Trinajstić information content (AvgIpc) is 3.15. The maximum Gasteiger partial charge on any atom is 0.253 e. The second kappa shape index (κ2) is 8.61. The standard InChI is InChI=1S/C22H24N4O2S/c1-2-26-20(23-24-22(26)29)16-12-14-25(15-13-16)21(27)17-8-10-19(11-9-17)28-18-6-4-3-5-7-18/h3-11,16H,2,12-15H2,1H3,(H,24,29). The van der Waals surface area contributed by atoms with Crippen molar-refractivity contribution < 1.29 is 9.53 Å². The number of nitrogens with one attached hydrogen (secondary N) is 1. The summed E-state index contributed by atoms with van der Waals surface area (Å²) in [4.78, 5) is 14.8. The molecule has 0 bridgehead atoms. The van der Waals surface area contributed by atoms with Crippen molar-refractivity contribution in [1.29, 1.82) is 0 Å². The van der Waals surface area contributed by atoms with E-state index in [1.807, 2.05) is 64.1 Å². The van der Waals surface area contributed by atoms with E-state index in [-0.39, 0.29) is 5.91 Å². The fraction of sp³-hybridized carbons (Fsp3) is 0.318. The lowest BCUT2D eigenvalue weighted by Gasteiger charge is -2.31. The Bertz CT molecular complexity index is 1020. The quantitative estimate of drug-likeness (QED) is 0.618. The minimum absolute atomic E-state index is 0.0593. The molecular formula is C22H24N4O2S. The second-order valence-corrected chi connectivity index (χ2v) is 7.52. The Labute approximate surface area is 175 Å². The van der Waals surface area contributed by atoms with E-state index in [0.717, 1.165) is 44.0 Å². The van der Waals surface area contributed by atoms with Crippen LogP contribution in [0.2, 0.25) is 0 Å². The number of nitrogens with zero attached hydrogens (tertiary/aromatic N) is 3. The van der Waals surface area contributed by atoms with Crippen LogP contribution < -0.4 is 4.74 Å². The fourth-order valence-electron chi connectivity index (χ4n) is 3.76. The van der Waals surface area contributed by atoms with Crippen molar-refractivity contribution in [2.75, 3.05) is 13.1 Å². The van der Waals surface area contributed by atoms with Crippen molar-refractivity contribution in [3.05, 3.63) is 70.8 Å². The van der Waals surface area contributed by atoms with Gasteiger partial charge in [-0.15, -0.1) is 0 Å². The van der Waals surface area contributed by atoms with Gasteiger partial charge in [0.15, 0.2) is 4.77 Å². The Morgan fingerprint density at radius 1 is 1.10 bits per heavy atom. The summed E-state index contributed by atoms with van der Waals surface area (Å²) in [5.41, 5.74) is 0.681. The number of piperidine rings is 1. The second-order valence-electron chi connectivity index (χ2n) is 7.14. The molecule has 0 aliphatic carbocycles. The number of ether oxygens (including phenoxy) is 1. The van der Waals surface area contributed by atoms with Crippen LogP contribution in [0.4, 0.5) is 0 Å². The van der Waals surface area contributed by atoms with Crippen LogP contribution in [0.3, 0.4) is 0 Å². The van der Waals surface area contributed by atoms with Crippen molar-refractivity contribution in [1.82, 2.24) is 19.7 Å². The molecule has 2 aromatic carbocycles. The van der Waals surface area contributed by atoms with Crippen LogP contribution in [0.1, 0.15) is 41.9 Å². The lowest BCUT2D eigenvalue weighted by molar-refractivity contribution is 0.0710. The van der Waals surface area contributed by atoms with Crippen molar-refractivity contribution in [3.63, 3.8) is 0 Å². The smallest absolute Gasteiger partial charge is 0.253 e. The van der Waals surface area contributed by atoms with Gasteiger partial charge < -0.3 is 14.2 Å². The first-order valence-corrected chi connectivity index (χ1v) is 10.3. The van der Waals surface area contributed by atoms with Crippen LogP contribution in [0, 0.1) is 4.77 Å². The summed E-state index contributed by atoms with van der Waals surface area (Å²) in [6, 6.07) is 16.9. The molecule has 3 aromatic rings. The SMILES string of the molecule is CCn1c(C2CCN(C(=O)c3ccc(Oc4ccccc4)cc3)CC2)n[nH]c1=S. The molecule has 1 fully saturated rings. The molecule has 0 saturated carbocycles. The predicted molar refractivity (Wildman–Crippen MR) is 114 cm³/mol. The monoisotopic (exact) mass is 408 g/mol.